The van der Waals surface area contributed by atoms with Crippen molar-refractivity contribution in [2.45, 2.75) is 30.5 Å². The predicted molar refractivity (Wildman–Crippen MR) is 86.0 cm³/mol. The van der Waals surface area contributed by atoms with Crippen LogP contribution in [-0.2, 0) is 29.0 Å². The van der Waals surface area contributed by atoms with E-state index in [1.165, 1.54) is 18.3 Å². The first-order valence-corrected chi connectivity index (χ1v) is 9.50. The highest BCUT2D eigenvalue weighted by molar-refractivity contribution is 7.90. The number of hydrogen-bond donors (Lipinski definition) is 0. The van der Waals surface area contributed by atoms with Gasteiger partial charge in [-0.25, -0.2) is 13.4 Å². The summed E-state index contributed by atoms with van der Waals surface area (Å²) in [6.07, 6.45) is 0.277. The third-order valence-corrected chi connectivity index (χ3v) is 5.19. The Kier molecular flexibility index (Phi) is 4.44. The van der Waals surface area contributed by atoms with Crippen molar-refractivity contribution in [3.05, 3.63) is 47.5 Å². The van der Waals surface area contributed by atoms with Gasteiger partial charge in [-0.3, -0.25) is 4.98 Å². The first-order valence-electron chi connectivity index (χ1n) is 7.61. The highest BCUT2D eigenvalue weighted by Crippen LogP contribution is 2.33. The minimum absolute atomic E-state index is 0.0805. The van der Waals surface area contributed by atoms with E-state index in [1.54, 1.807) is 11.0 Å². The van der Waals surface area contributed by atoms with Crippen LogP contribution in [0.1, 0.15) is 23.4 Å². The number of nitrogens with zero attached hydrogens (tertiary/aromatic N) is 3. The Morgan fingerprint density at radius 3 is 2.60 bits per heavy atom. The summed E-state index contributed by atoms with van der Waals surface area (Å²) in [6.45, 7) is 0.441. The molecule has 5 nitrogen and oxygen atoms in total. The summed E-state index contributed by atoms with van der Waals surface area (Å²) < 4.78 is 62.9. The van der Waals surface area contributed by atoms with Gasteiger partial charge < -0.3 is 4.90 Å². The average Bonchev–Trinajstić information content (AvgIpc) is 2.53. The van der Waals surface area contributed by atoms with Crippen molar-refractivity contribution in [3.8, 4) is 0 Å². The van der Waals surface area contributed by atoms with Gasteiger partial charge in [-0.05, 0) is 30.5 Å². The van der Waals surface area contributed by atoms with Crippen LogP contribution in [0.25, 0.3) is 0 Å². The van der Waals surface area contributed by atoms with Crippen molar-refractivity contribution in [1.82, 2.24) is 9.97 Å². The summed E-state index contributed by atoms with van der Waals surface area (Å²) >= 11 is 0. The number of halogens is 3. The van der Waals surface area contributed by atoms with Gasteiger partial charge in [0.2, 0.25) is 0 Å². The highest BCUT2D eigenvalue weighted by Gasteiger charge is 2.36. The van der Waals surface area contributed by atoms with Crippen LogP contribution < -0.4 is 4.90 Å². The first kappa shape index (κ1) is 17.7. The molecule has 1 aromatic heterocycles. The molecular formula is C16H16F3N3O2S. The molecule has 0 saturated carbocycles. The maximum absolute atomic E-state index is 13.1. The van der Waals surface area contributed by atoms with E-state index in [2.05, 4.69) is 9.97 Å². The number of fused-ring (bicyclic) bond motifs is 1. The molecule has 25 heavy (non-hydrogen) atoms. The van der Waals surface area contributed by atoms with Gasteiger partial charge in [-0.1, -0.05) is 6.07 Å². The molecule has 0 N–H and O–H groups in total. The zero-order chi connectivity index (χ0) is 18.2. The van der Waals surface area contributed by atoms with Gasteiger partial charge in [0.25, 0.3) is 0 Å². The highest BCUT2D eigenvalue weighted by atomic mass is 32.2. The van der Waals surface area contributed by atoms with Gasteiger partial charge in [0.1, 0.15) is 0 Å². The summed E-state index contributed by atoms with van der Waals surface area (Å²) in [5.74, 6) is 0. The molecule has 2 heterocycles. The monoisotopic (exact) mass is 371 g/mol. The van der Waals surface area contributed by atoms with Gasteiger partial charge in [0, 0.05) is 30.9 Å². The Labute approximate surface area is 143 Å². The fourth-order valence-corrected chi connectivity index (χ4v) is 3.57. The van der Waals surface area contributed by atoms with Gasteiger partial charge in [0.05, 0.1) is 17.1 Å². The van der Waals surface area contributed by atoms with E-state index < -0.39 is 21.7 Å². The number of aryl methyl sites for hydroxylation is 1. The third kappa shape index (κ3) is 3.76. The van der Waals surface area contributed by atoms with Crippen LogP contribution in [0.4, 0.5) is 18.9 Å². The Morgan fingerprint density at radius 1 is 1.20 bits per heavy atom. The lowest BCUT2D eigenvalue weighted by Gasteiger charge is -2.31. The summed E-state index contributed by atoms with van der Waals surface area (Å²) in [4.78, 5) is 9.13. The van der Waals surface area contributed by atoms with Gasteiger partial charge in [-0.2, -0.15) is 13.2 Å². The Bertz CT molecular complexity index is 898. The average molecular weight is 371 g/mol. The molecular weight excluding hydrogens is 355 g/mol. The van der Waals surface area contributed by atoms with Gasteiger partial charge >= 0.3 is 6.18 Å². The molecule has 9 heteroatoms. The van der Waals surface area contributed by atoms with Crippen molar-refractivity contribution < 1.29 is 21.6 Å². The molecule has 2 aromatic rings. The van der Waals surface area contributed by atoms with Crippen molar-refractivity contribution >= 4 is 15.5 Å². The second-order valence-corrected chi connectivity index (χ2v) is 7.95. The number of hydrogen-bond acceptors (Lipinski definition) is 5. The van der Waals surface area contributed by atoms with Crippen LogP contribution in [0.15, 0.2) is 35.5 Å². The maximum Gasteiger partial charge on any atom is 0.435 e. The Balaban J connectivity index is 2.00. The molecule has 0 radical (unpaired) electrons. The number of benzene rings is 1. The van der Waals surface area contributed by atoms with Crippen LogP contribution in [-0.4, -0.2) is 31.2 Å². The lowest BCUT2D eigenvalue weighted by molar-refractivity contribution is -0.142. The van der Waals surface area contributed by atoms with E-state index in [1.807, 2.05) is 0 Å². The number of sulfone groups is 1. The van der Waals surface area contributed by atoms with Crippen molar-refractivity contribution in [1.29, 1.82) is 0 Å². The van der Waals surface area contributed by atoms with Crippen molar-refractivity contribution in [3.63, 3.8) is 0 Å². The molecule has 0 amide bonds. The SMILES string of the molecule is CS(=O)(=O)c1ccc2c(c1)N(Cc1nccnc1C(F)(F)F)CCC2. The number of anilines is 1. The zero-order valence-corrected chi connectivity index (χ0v) is 14.2. The quantitative estimate of drug-likeness (QED) is 0.830. The maximum atomic E-state index is 13.1. The third-order valence-electron chi connectivity index (χ3n) is 4.08. The Hall–Kier alpha value is -2.16. The molecule has 0 unspecified atom stereocenters. The van der Waals surface area contributed by atoms with E-state index in [0.29, 0.717) is 12.2 Å². The van der Waals surface area contributed by atoms with Crippen LogP contribution in [0.2, 0.25) is 0 Å². The van der Waals surface area contributed by atoms with E-state index in [4.69, 9.17) is 0 Å². The molecule has 1 aromatic carbocycles. The molecule has 0 saturated heterocycles. The summed E-state index contributed by atoms with van der Waals surface area (Å²) in [5, 5.41) is 0. The lowest BCUT2D eigenvalue weighted by Crippen LogP contribution is -2.31. The van der Waals surface area contributed by atoms with Crippen LogP contribution >= 0.6 is 0 Å². The minimum Gasteiger partial charge on any atom is -0.365 e. The molecule has 0 aliphatic carbocycles. The second-order valence-electron chi connectivity index (χ2n) is 5.94. The normalized spacial score (nSPS) is 15.1. The standard InChI is InChI=1S/C16H16F3N3O2S/c1-25(23,24)12-5-4-11-3-2-8-22(14(11)9-12)10-13-15(16(17,18)19)21-7-6-20-13/h4-7,9H,2-3,8,10H2,1H3. The molecule has 0 bridgehead atoms. The van der Waals surface area contributed by atoms with E-state index in [0.717, 1.165) is 30.9 Å². The van der Waals surface area contributed by atoms with Gasteiger partial charge in [-0.15, -0.1) is 0 Å². The largest absolute Gasteiger partial charge is 0.435 e. The molecule has 1 aliphatic heterocycles. The lowest BCUT2D eigenvalue weighted by atomic mass is 10.0. The van der Waals surface area contributed by atoms with Crippen LogP contribution in [0.5, 0.6) is 0 Å². The zero-order valence-electron chi connectivity index (χ0n) is 13.4. The van der Waals surface area contributed by atoms with Crippen LogP contribution in [0.3, 0.4) is 0 Å². The molecule has 0 spiro atoms. The molecule has 1 aliphatic rings. The summed E-state index contributed by atoms with van der Waals surface area (Å²) in [5.41, 5.74) is 0.359. The van der Waals surface area contributed by atoms with E-state index in [9.17, 15) is 21.6 Å². The van der Waals surface area contributed by atoms with Gasteiger partial charge in [0.15, 0.2) is 15.5 Å². The van der Waals surface area contributed by atoms with Crippen LogP contribution in [0, 0.1) is 0 Å². The number of alkyl halides is 3. The molecule has 134 valence electrons. The van der Waals surface area contributed by atoms with E-state index in [-0.39, 0.29) is 17.1 Å². The number of aromatic nitrogens is 2. The first-order chi connectivity index (χ1) is 11.7. The van der Waals surface area contributed by atoms with Crippen molar-refractivity contribution in [2.75, 3.05) is 17.7 Å². The number of rotatable bonds is 3. The smallest absolute Gasteiger partial charge is 0.365 e. The summed E-state index contributed by atoms with van der Waals surface area (Å²) in [7, 11) is -3.40. The molecule has 0 atom stereocenters. The molecule has 0 fully saturated rings. The van der Waals surface area contributed by atoms with Crippen molar-refractivity contribution in [2.24, 2.45) is 0 Å². The molecule has 3 rings (SSSR count). The topological polar surface area (TPSA) is 63.2 Å². The fourth-order valence-electron chi connectivity index (χ4n) is 2.93. The minimum atomic E-state index is -4.59. The Morgan fingerprint density at radius 2 is 1.92 bits per heavy atom. The predicted octanol–water partition coefficient (Wildman–Crippen LogP) is 2.85. The fraction of sp³-hybridized carbons (Fsp3) is 0.375. The second kappa shape index (κ2) is 6.29. The van der Waals surface area contributed by atoms with E-state index >= 15 is 0 Å². The summed E-state index contributed by atoms with van der Waals surface area (Å²) in [6, 6.07) is 4.77.